The summed E-state index contributed by atoms with van der Waals surface area (Å²) < 4.78 is 58.3. The van der Waals surface area contributed by atoms with Crippen molar-refractivity contribution in [3.8, 4) is 11.5 Å². The molecular formula is C10H8F4O4. The number of carboxylic acid groups (broad SMARTS) is 1. The van der Waals surface area contributed by atoms with Crippen LogP contribution in [0.25, 0.3) is 0 Å². The molecule has 18 heavy (non-hydrogen) atoms. The summed E-state index contributed by atoms with van der Waals surface area (Å²) in [5.41, 5.74) is -0.533. The van der Waals surface area contributed by atoms with E-state index in [0.29, 0.717) is 12.1 Å². The minimum Gasteiger partial charge on any atom is -0.496 e. The quantitative estimate of drug-likeness (QED) is 0.833. The lowest BCUT2D eigenvalue weighted by atomic mass is 10.2. The summed E-state index contributed by atoms with van der Waals surface area (Å²) >= 11 is 0. The van der Waals surface area contributed by atoms with Crippen molar-refractivity contribution in [3.63, 3.8) is 0 Å². The maximum absolute atomic E-state index is 13.3. The van der Waals surface area contributed by atoms with Crippen LogP contribution in [0.15, 0.2) is 12.1 Å². The van der Waals surface area contributed by atoms with Gasteiger partial charge >= 0.3 is 12.4 Å². The first-order valence-corrected chi connectivity index (χ1v) is 4.56. The highest BCUT2D eigenvalue weighted by atomic mass is 19.3. The van der Waals surface area contributed by atoms with Gasteiger partial charge in [-0.25, -0.2) is 18.0 Å². The highest BCUT2D eigenvalue weighted by molar-refractivity contribution is 5.91. The van der Waals surface area contributed by atoms with Gasteiger partial charge in [0.25, 0.3) is 6.36 Å². The number of aromatic carboxylic acids is 1. The van der Waals surface area contributed by atoms with Crippen molar-refractivity contribution in [2.24, 2.45) is 0 Å². The van der Waals surface area contributed by atoms with Crippen molar-refractivity contribution < 1.29 is 36.9 Å². The zero-order valence-corrected chi connectivity index (χ0v) is 8.99. The van der Waals surface area contributed by atoms with Gasteiger partial charge in [0, 0.05) is 6.07 Å². The van der Waals surface area contributed by atoms with Gasteiger partial charge in [0.1, 0.15) is 11.3 Å². The number of halogens is 4. The van der Waals surface area contributed by atoms with Crippen LogP contribution < -0.4 is 9.47 Å². The number of hydrogen-bond acceptors (Lipinski definition) is 3. The number of carbonyl (C=O) groups is 1. The fraction of sp³-hybridized carbons (Fsp3) is 0.300. The van der Waals surface area contributed by atoms with Crippen LogP contribution in [0.2, 0.25) is 0 Å². The predicted molar refractivity (Wildman–Crippen MR) is 51.4 cm³/mol. The number of carboxylic acids is 1. The topological polar surface area (TPSA) is 55.8 Å². The monoisotopic (exact) mass is 268 g/mol. The van der Waals surface area contributed by atoms with Crippen LogP contribution >= 0.6 is 0 Å². The summed E-state index contributed by atoms with van der Waals surface area (Å²) in [6.07, 6.45) is -6.46. The van der Waals surface area contributed by atoms with Crippen molar-refractivity contribution in [1.82, 2.24) is 0 Å². The third kappa shape index (κ3) is 3.02. The van der Waals surface area contributed by atoms with E-state index < -0.39 is 35.9 Å². The van der Waals surface area contributed by atoms with Crippen LogP contribution in [-0.2, 0) is 0 Å². The maximum Gasteiger partial charge on any atom is 0.339 e. The van der Waals surface area contributed by atoms with Crippen LogP contribution in [0.4, 0.5) is 17.6 Å². The van der Waals surface area contributed by atoms with Crippen molar-refractivity contribution in [3.05, 3.63) is 23.5 Å². The van der Waals surface area contributed by atoms with Crippen LogP contribution in [0.1, 0.15) is 10.4 Å². The summed E-state index contributed by atoms with van der Waals surface area (Å²) in [6, 6.07) is 1.18. The third-order valence-corrected chi connectivity index (χ3v) is 1.92. The van der Waals surface area contributed by atoms with Gasteiger partial charge in [-0.05, 0) is 6.07 Å². The molecule has 0 heterocycles. The highest BCUT2D eigenvalue weighted by Gasteiger charge is 2.24. The summed E-state index contributed by atoms with van der Waals surface area (Å²) in [7, 11) is 1.09. The number of methoxy groups -OCH3 is 1. The Hall–Kier alpha value is -1.99. The summed E-state index contributed by atoms with van der Waals surface area (Å²) in [5, 5.41) is 8.70. The Bertz CT molecular complexity index is 450. The van der Waals surface area contributed by atoms with E-state index in [0.717, 1.165) is 7.11 Å². The second kappa shape index (κ2) is 5.56. The minimum atomic E-state index is -3.45. The molecule has 0 saturated carbocycles. The largest absolute Gasteiger partial charge is 0.496 e. The van der Waals surface area contributed by atoms with Gasteiger partial charge in [-0.1, -0.05) is 0 Å². The average molecular weight is 268 g/mol. The molecule has 8 heteroatoms. The van der Waals surface area contributed by atoms with E-state index in [9.17, 15) is 22.4 Å². The second-order valence-electron chi connectivity index (χ2n) is 3.09. The lowest BCUT2D eigenvalue weighted by Gasteiger charge is -2.13. The Labute approximate surface area is 98.7 Å². The first-order chi connectivity index (χ1) is 8.36. The molecule has 4 nitrogen and oxygen atoms in total. The summed E-state index contributed by atoms with van der Waals surface area (Å²) in [6.45, 7) is 0. The Kier molecular flexibility index (Phi) is 4.35. The van der Waals surface area contributed by atoms with Crippen LogP contribution in [0, 0.1) is 5.82 Å². The third-order valence-electron chi connectivity index (χ3n) is 1.92. The minimum absolute atomic E-state index is 0.333. The maximum atomic E-state index is 13.3. The predicted octanol–water partition coefficient (Wildman–Crippen LogP) is 2.47. The van der Waals surface area contributed by atoms with Gasteiger partial charge < -0.3 is 14.6 Å². The molecule has 1 rings (SSSR count). The molecule has 0 radical (unpaired) electrons. The van der Waals surface area contributed by atoms with Gasteiger partial charge in [0.2, 0.25) is 0 Å². The van der Waals surface area contributed by atoms with E-state index in [1.54, 1.807) is 0 Å². The van der Waals surface area contributed by atoms with Crippen LogP contribution in [-0.4, -0.2) is 31.0 Å². The van der Waals surface area contributed by atoms with Crippen molar-refractivity contribution in [2.75, 3.05) is 7.11 Å². The van der Waals surface area contributed by atoms with E-state index >= 15 is 0 Å². The lowest BCUT2D eigenvalue weighted by molar-refractivity contribution is -0.0685. The number of alkyl halides is 3. The standard InChI is InChI=1S/C10H8F4O4/c1-17-6-3-7(18-9(14)8(12)13)5(11)2-4(6)10(15)16/h2-3,8-9H,1H3,(H,15,16). The number of ether oxygens (including phenoxy) is 2. The molecule has 0 aliphatic carbocycles. The fourth-order valence-electron chi connectivity index (χ4n) is 1.13. The summed E-state index contributed by atoms with van der Waals surface area (Å²) in [5.74, 6) is -3.95. The van der Waals surface area contributed by atoms with E-state index in [4.69, 9.17) is 5.11 Å². The number of rotatable bonds is 5. The molecule has 1 N–H and O–H groups in total. The van der Waals surface area contributed by atoms with Crippen molar-refractivity contribution >= 4 is 5.97 Å². The lowest BCUT2D eigenvalue weighted by Crippen LogP contribution is -2.20. The Morgan fingerprint density at radius 1 is 1.28 bits per heavy atom. The number of benzene rings is 1. The molecule has 1 aromatic carbocycles. The van der Waals surface area contributed by atoms with Crippen LogP contribution in [0.5, 0.6) is 11.5 Å². The van der Waals surface area contributed by atoms with E-state index in [-0.39, 0.29) is 5.75 Å². The molecule has 0 fully saturated rings. The van der Waals surface area contributed by atoms with Gasteiger partial charge in [-0.15, -0.1) is 0 Å². The molecule has 0 saturated heterocycles. The van der Waals surface area contributed by atoms with Gasteiger partial charge in [-0.3, -0.25) is 0 Å². The smallest absolute Gasteiger partial charge is 0.339 e. The molecule has 1 atom stereocenters. The van der Waals surface area contributed by atoms with E-state index in [2.05, 4.69) is 9.47 Å². The second-order valence-corrected chi connectivity index (χ2v) is 3.09. The van der Waals surface area contributed by atoms with Gasteiger partial charge in [0.15, 0.2) is 11.6 Å². The first-order valence-electron chi connectivity index (χ1n) is 4.56. The molecule has 0 bridgehead atoms. The highest BCUT2D eigenvalue weighted by Crippen LogP contribution is 2.29. The molecule has 1 aromatic rings. The molecule has 1 unspecified atom stereocenters. The zero-order valence-electron chi connectivity index (χ0n) is 8.99. The SMILES string of the molecule is COc1cc(OC(F)C(F)F)c(F)cc1C(=O)O. The molecule has 100 valence electrons. The van der Waals surface area contributed by atoms with Crippen molar-refractivity contribution in [2.45, 2.75) is 12.8 Å². The van der Waals surface area contributed by atoms with E-state index in [1.165, 1.54) is 0 Å². The molecule has 0 spiro atoms. The number of hydrogen-bond donors (Lipinski definition) is 1. The van der Waals surface area contributed by atoms with Crippen molar-refractivity contribution in [1.29, 1.82) is 0 Å². The normalized spacial score (nSPS) is 12.3. The van der Waals surface area contributed by atoms with E-state index in [1.807, 2.05) is 0 Å². The Morgan fingerprint density at radius 2 is 1.89 bits per heavy atom. The molecule has 0 aromatic heterocycles. The Morgan fingerprint density at radius 3 is 2.33 bits per heavy atom. The zero-order chi connectivity index (χ0) is 13.9. The molecule has 0 aliphatic rings. The molecule has 0 aliphatic heterocycles. The average Bonchev–Trinajstić information content (AvgIpc) is 2.30. The molecular weight excluding hydrogens is 260 g/mol. The van der Waals surface area contributed by atoms with Gasteiger partial charge in [0.05, 0.1) is 7.11 Å². The van der Waals surface area contributed by atoms with Gasteiger partial charge in [-0.2, -0.15) is 4.39 Å². The summed E-state index contributed by atoms with van der Waals surface area (Å²) in [4.78, 5) is 10.7. The molecule has 0 amide bonds. The van der Waals surface area contributed by atoms with Crippen LogP contribution in [0.3, 0.4) is 0 Å². The fourth-order valence-corrected chi connectivity index (χ4v) is 1.13. The first kappa shape index (κ1) is 14.1. The Balaban J connectivity index is 3.11.